The zero-order valence-corrected chi connectivity index (χ0v) is 12.6. The fourth-order valence-corrected chi connectivity index (χ4v) is 3.34. The first-order chi connectivity index (χ1) is 8.20. The topological polar surface area (TPSA) is 30.7 Å². The van der Waals surface area contributed by atoms with E-state index in [1.54, 1.807) is 11.3 Å². The molecule has 6 heteroatoms. The van der Waals surface area contributed by atoms with E-state index >= 15 is 0 Å². The molecule has 2 rings (SSSR count). The molecule has 0 aliphatic heterocycles. The van der Waals surface area contributed by atoms with Crippen LogP contribution < -0.4 is 0 Å². The molecule has 0 fully saturated rings. The second-order valence-corrected chi connectivity index (χ2v) is 6.63. The Morgan fingerprint density at radius 3 is 2.82 bits per heavy atom. The number of nitrogens with zero attached hydrogens (tertiary/aromatic N) is 3. The van der Waals surface area contributed by atoms with Crippen LogP contribution in [0.3, 0.4) is 0 Å². The van der Waals surface area contributed by atoms with Crippen LogP contribution in [-0.4, -0.2) is 14.8 Å². The van der Waals surface area contributed by atoms with Gasteiger partial charge in [0.1, 0.15) is 5.82 Å². The van der Waals surface area contributed by atoms with E-state index in [1.807, 2.05) is 4.57 Å². The standard InChI is InChI=1S/C11H13BrClN3S/c1-2-3-10-14-15-11(13)16(10)7-6-8-4-5-9(12)17-8/h4-5H,2-3,6-7H2,1H3. The van der Waals surface area contributed by atoms with Crippen molar-refractivity contribution < 1.29 is 0 Å². The molecule has 2 heterocycles. The van der Waals surface area contributed by atoms with Crippen molar-refractivity contribution in [2.24, 2.45) is 0 Å². The summed E-state index contributed by atoms with van der Waals surface area (Å²) < 4.78 is 3.16. The van der Waals surface area contributed by atoms with Gasteiger partial charge in [0.15, 0.2) is 0 Å². The molecule has 3 nitrogen and oxygen atoms in total. The molecule has 0 amide bonds. The van der Waals surface area contributed by atoms with Gasteiger partial charge in [0, 0.05) is 17.8 Å². The molecule has 0 radical (unpaired) electrons. The second kappa shape index (κ2) is 5.98. The Morgan fingerprint density at radius 1 is 1.35 bits per heavy atom. The number of hydrogen-bond acceptors (Lipinski definition) is 3. The van der Waals surface area contributed by atoms with Crippen LogP contribution in [0.5, 0.6) is 0 Å². The van der Waals surface area contributed by atoms with Crippen molar-refractivity contribution in [3.8, 4) is 0 Å². The molecule has 0 aliphatic carbocycles. The first kappa shape index (κ1) is 13.1. The minimum Gasteiger partial charge on any atom is -0.301 e. The summed E-state index contributed by atoms with van der Waals surface area (Å²) in [4.78, 5) is 1.34. The fraction of sp³-hybridized carbons (Fsp3) is 0.455. The van der Waals surface area contributed by atoms with Crippen LogP contribution in [0.15, 0.2) is 15.9 Å². The van der Waals surface area contributed by atoms with Crippen LogP contribution in [0.2, 0.25) is 5.28 Å². The highest BCUT2D eigenvalue weighted by Gasteiger charge is 2.09. The average Bonchev–Trinajstić information content (AvgIpc) is 2.85. The quantitative estimate of drug-likeness (QED) is 0.829. The molecule has 0 bridgehead atoms. The van der Waals surface area contributed by atoms with Crippen molar-refractivity contribution in [2.45, 2.75) is 32.7 Å². The summed E-state index contributed by atoms with van der Waals surface area (Å²) >= 11 is 11.3. The molecule has 0 atom stereocenters. The van der Waals surface area contributed by atoms with Crippen LogP contribution in [0.1, 0.15) is 24.0 Å². The lowest BCUT2D eigenvalue weighted by Crippen LogP contribution is -2.06. The third-order valence-electron chi connectivity index (χ3n) is 2.47. The molecular formula is C11H13BrClN3S. The normalized spacial score (nSPS) is 11.0. The van der Waals surface area contributed by atoms with E-state index < -0.39 is 0 Å². The number of halogens is 2. The Hall–Kier alpha value is -0.390. The molecule has 0 saturated heterocycles. The first-order valence-corrected chi connectivity index (χ1v) is 7.51. The molecule has 92 valence electrons. The molecule has 2 aromatic rings. The Morgan fingerprint density at radius 2 is 2.18 bits per heavy atom. The van der Waals surface area contributed by atoms with Gasteiger partial charge >= 0.3 is 0 Å². The molecule has 0 unspecified atom stereocenters. The number of hydrogen-bond donors (Lipinski definition) is 0. The van der Waals surface area contributed by atoms with Crippen molar-refractivity contribution in [3.63, 3.8) is 0 Å². The Kier molecular flexibility index (Phi) is 4.59. The summed E-state index contributed by atoms with van der Waals surface area (Å²) in [6.45, 7) is 2.97. The maximum Gasteiger partial charge on any atom is 0.225 e. The zero-order chi connectivity index (χ0) is 12.3. The van der Waals surface area contributed by atoms with Gasteiger partial charge < -0.3 is 4.57 Å². The maximum absolute atomic E-state index is 6.04. The highest BCUT2D eigenvalue weighted by Crippen LogP contribution is 2.23. The monoisotopic (exact) mass is 333 g/mol. The Balaban J connectivity index is 2.05. The summed E-state index contributed by atoms with van der Waals surface area (Å²) in [6, 6.07) is 4.20. The van der Waals surface area contributed by atoms with Gasteiger partial charge in [-0.25, -0.2) is 0 Å². The van der Waals surface area contributed by atoms with Gasteiger partial charge in [-0.1, -0.05) is 6.92 Å². The minimum absolute atomic E-state index is 0.490. The molecular weight excluding hydrogens is 322 g/mol. The molecule has 0 spiro atoms. The van der Waals surface area contributed by atoms with Crippen LogP contribution in [0.4, 0.5) is 0 Å². The van der Waals surface area contributed by atoms with Gasteiger partial charge in [0.25, 0.3) is 0 Å². The Bertz CT molecular complexity index is 495. The summed E-state index contributed by atoms with van der Waals surface area (Å²) in [5.74, 6) is 0.980. The lowest BCUT2D eigenvalue weighted by molar-refractivity contribution is 0.647. The van der Waals surface area contributed by atoms with E-state index in [0.29, 0.717) is 5.28 Å². The van der Waals surface area contributed by atoms with Crippen molar-refractivity contribution >= 4 is 38.9 Å². The third-order valence-corrected chi connectivity index (χ3v) is 4.43. The number of aryl methyl sites for hydroxylation is 2. The summed E-state index contributed by atoms with van der Waals surface area (Å²) in [5, 5.41) is 8.51. The van der Waals surface area contributed by atoms with E-state index in [2.05, 4.69) is 45.2 Å². The predicted octanol–water partition coefficient (Wildman–Crippen LogP) is 3.95. The van der Waals surface area contributed by atoms with Gasteiger partial charge in [0.2, 0.25) is 5.28 Å². The van der Waals surface area contributed by atoms with Gasteiger partial charge in [-0.15, -0.1) is 21.5 Å². The first-order valence-electron chi connectivity index (χ1n) is 5.52. The van der Waals surface area contributed by atoms with Gasteiger partial charge in [0.05, 0.1) is 3.79 Å². The smallest absolute Gasteiger partial charge is 0.225 e. The highest BCUT2D eigenvalue weighted by atomic mass is 79.9. The minimum atomic E-state index is 0.490. The predicted molar refractivity (Wildman–Crippen MR) is 74.8 cm³/mol. The summed E-state index contributed by atoms with van der Waals surface area (Å²) in [5.41, 5.74) is 0. The third kappa shape index (κ3) is 3.30. The molecule has 2 aromatic heterocycles. The van der Waals surface area contributed by atoms with Crippen LogP contribution in [-0.2, 0) is 19.4 Å². The van der Waals surface area contributed by atoms with E-state index in [4.69, 9.17) is 11.6 Å². The van der Waals surface area contributed by atoms with Crippen molar-refractivity contribution in [1.82, 2.24) is 14.8 Å². The fourth-order valence-electron chi connectivity index (χ4n) is 1.65. The van der Waals surface area contributed by atoms with E-state index in [-0.39, 0.29) is 0 Å². The van der Waals surface area contributed by atoms with Crippen molar-refractivity contribution in [3.05, 3.63) is 31.9 Å². The Labute approximate surface area is 118 Å². The molecule has 0 aromatic carbocycles. The average molecular weight is 335 g/mol. The zero-order valence-electron chi connectivity index (χ0n) is 9.49. The largest absolute Gasteiger partial charge is 0.301 e. The van der Waals surface area contributed by atoms with Crippen LogP contribution >= 0.6 is 38.9 Å². The van der Waals surface area contributed by atoms with Gasteiger partial charge in [-0.3, -0.25) is 0 Å². The maximum atomic E-state index is 6.04. The van der Waals surface area contributed by atoms with Gasteiger partial charge in [-0.05, 0) is 52.5 Å². The van der Waals surface area contributed by atoms with E-state index in [1.165, 1.54) is 4.88 Å². The van der Waals surface area contributed by atoms with Crippen molar-refractivity contribution in [2.75, 3.05) is 0 Å². The van der Waals surface area contributed by atoms with Gasteiger partial charge in [-0.2, -0.15) is 0 Å². The molecule has 0 aliphatic rings. The molecule has 17 heavy (non-hydrogen) atoms. The van der Waals surface area contributed by atoms with Crippen LogP contribution in [0.25, 0.3) is 0 Å². The summed E-state index contributed by atoms with van der Waals surface area (Å²) in [6.07, 6.45) is 2.94. The summed E-state index contributed by atoms with van der Waals surface area (Å²) in [7, 11) is 0. The highest BCUT2D eigenvalue weighted by molar-refractivity contribution is 9.11. The number of rotatable bonds is 5. The second-order valence-electron chi connectivity index (χ2n) is 3.74. The van der Waals surface area contributed by atoms with E-state index in [0.717, 1.165) is 35.4 Å². The molecule has 0 N–H and O–H groups in total. The lowest BCUT2D eigenvalue weighted by Gasteiger charge is -2.05. The van der Waals surface area contributed by atoms with Crippen LogP contribution in [0, 0.1) is 0 Å². The lowest BCUT2D eigenvalue weighted by atomic mass is 10.3. The SMILES string of the molecule is CCCc1nnc(Cl)n1CCc1ccc(Br)s1. The van der Waals surface area contributed by atoms with Crippen molar-refractivity contribution in [1.29, 1.82) is 0 Å². The molecule has 0 saturated carbocycles. The van der Waals surface area contributed by atoms with E-state index in [9.17, 15) is 0 Å². The number of thiophene rings is 1. The number of aromatic nitrogens is 3.